The highest BCUT2D eigenvalue weighted by atomic mass is 19.1. The maximum absolute atomic E-state index is 13.5. The van der Waals surface area contributed by atoms with Gasteiger partial charge < -0.3 is 19.5 Å². The molecule has 0 aliphatic carbocycles. The fourth-order valence-electron chi connectivity index (χ4n) is 6.05. The van der Waals surface area contributed by atoms with Crippen molar-refractivity contribution in [1.82, 2.24) is 14.8 Å². The Hall–Kier alpha value is -2.57. The van der Waals surface area contributed by atoms with Gasteiger partial charge in [-0.1, -0.05) is 25.0 Å². The number of piperazine rings is 1. The van der Waals surface area contributed by atoms with Crippen molar-refractivity contribution in [3.63, 3.8) is 0 Å². The first-order valence-corrected chi connectivity index (χ1v) is 13.8. The summed E-state index contributed by atoms with van der Waals surface area (Å²) < 4.78 is 19.0. The molecule has 194 valence electrons. The van der Waals surface area contributed by atoms with E-state index in [4.69, 9.17) is 4.74 Å². The molecule has 5 rings (SSSR count). The van der Waals surface area contributed by atoms with Gasteiger partial charge >= 0.3 is 0 Å². The molecule has 5 nitrogen and oxygen atoms in total. The Morgan fingerprint density at radius 3 is 2.28 bits per heavy atom. The van der Waals surface area contributed by atoms with E-state index < -0.39 is 0 Å². The molecule has 2 aromatic carbocycles. The zero-order valence-corrected chi connectivity index (χ0v) is 21.7. The van der Waals surface area contributed by atoms with Crippen LogP contribution in [0.15, 0.2) is 48.7 Å². The van der Waals surface area contributed by atoms with E-state index in [1.165, 1.54) is 81.3 Å². The molecule has 0 saturated carbocycles. The molecular weight excluding hydrogens is 451 g/mol. The van der Waals surface area contributed by atoms with E-state index in [0.29, 0.717) is 5.92 Å². The van der Waals surface area contributed by atoms with E-state index >= 15 is 0 Å². The summed E-state index contributed by atoms with van der Waals surface area (Å²) >= 11 is 0. The summed E-state index contributed by atoms with van der Waals surface area (Å²) in [5.41, 5.74) is 3.51. The average molecular weight is 493 g/mol. The number of rotatable bonds is 10. The van der Waals surface area contributed by atoms with Crippen LogP contribution in [-0.2, 0) is 0 Å². The van der Waals surface area contributed by atoms with Crippen molar-refractivity contribution in [3.05, 3.63) is 60.0 Å². The van der Waals surface area contributed by atoms with Crippen LogP contribution in [0.25, 0.3) is 10.9 Å². The average Bonchev–Trinajstić information content (AvgIpc) is 3.34. The van der Waals surface area contributed by atoms with Crippen LogP contribution in [0.5, 0.6) is 5.75 Å². The molecule has 2 aliphatic rings. The van der Waals surface area contributed by atoms with Crippen molar-refractivity contribution in [2.75, 3.05) is 64.4 Å². The number of likely N-dealkylation sites (tertiary alicyclic amines) is 1. The molecule has 1 N–H and O–H groups in total. The predicted octanol–water partition coefficient (Wildman–Crippen LogP) is 5.88. The number of aromatic nitrogens is 1. The van der Waals surface area contributed by atoms with Gasteiger partial charge in [0, 0.05) is 43.3 Å². The second-order valence-electron chi connectivity index (χ2n) is 10.5. The Balaban J connectivity index is 0.942. The van der Waals surface area contributed by atoms with Gasteiger partial charge in [-0.25, -0.2) is 4.39 Å². The van der Waals surface area contributed by atoms with Gasteiger partial charge in [0.25, 0.3) is 0 Å². The first-order valence-electron chi connectivity index (χ1n) is 13.8. The lowest BCUT2D eigenvalue weighted by Crippen LogP contribution is -2.46. The first kappa shape index (κ1) is 25.1. The Bertz CT molecular complexity index is 1100. The van der Waals surface area contributed by atoms with Crippen LogP contribution in [-0.4, -0.2) is 74.3 Å². The van der Waals surface area contributed by atoms with E-state index in [0.717, 1.165) is 37.4 Å². The number of methoxy groups -OCH3 is 1. The summed E-state index contributed by atoms with van der Waals surface area (Å²) in [6, 6.07) is 13.5. The second kappa shape index (κ2) is 12.1. The minimum atomic E-state index is -0.169. The monoisotopic (exact) mass is 492 g/mol. The SMILES string of the molecule is COc1ccccc1N1CCN(CCCCCCN2CCC(c3c[nH]c4cc(F)ccc34)CC2)CC1. The van der Waals surface area contributed by atoms with Crippen LogP contribution in [0, 0.1) is 5.82 Å². The number of hydrogen-bond acceptors (Lipinski definition) is 4. The third-order valence-corrected chi connectivity index (χ3v) is 8.20. The fraction of sp³-hybridized carbons (Fsp3) is 0.533. The van der Waals surface area contributed by atoms with Gasteiger partial charge in [0.2, 0.25) is 0 Å². The lowest BCUT2D eigenvalue weighted by Gasteiger charge is -2.36. The maximum Gasteiger partial charge on any atom is 0.142 e. The normalized spacial score (nSPS) is 18.2. The number of hydrogen-bond donors (Lipinski definition) is 1. The Morgan fingerprint density at radius 1 is 0.861 bits per heavy atom. The summed E-state index contributed by atoms with van der Waals surface area (Å²) in [4.78, 5) is 11.0. The lowest BCUT2D eigenvalue weighted by atomic mass is 9.89. The Kier molecular flexibility index (Phi) is 8.44. The molecule has 2 aliphatic heterocycles. The van der Waals surface area contributed by atoms with Crippen LogP contribution in [0.3, 0.4) is 0 Å². The molecule has 0 spiro atoms. The van der Waals surface area contributed by atoms with Crippen LogP contribution in [0.1, 0.15) is 50.0 Å². The number of nitrogens with one attached hydrogen (secondary N) is 1. The topological polar surface area (TPSA) is 34.7 Å². The molecule has 0 unspecified atom stereocenters. The quantitative estimate of drug-likeness (QED) is 0.359. The number of halogens is 1. The predicted molar refractivity (Wildman–Crippen MR) is 147 cm³/mol. The smallest absolute Gasteiger partial charge is 0.142 e. The number of fused-ring (bicyclic) bond motifs is 1. The molecule has 0 radical (unpaired) electrons. The maximum atomic E-state index is 13.5. The molecule has 36 heavy (non-hydrogen) atoms. The standard InChI is InChI=1S/C30H41FN4O/c1-36-30-9-5-4-8-29(30)35-20-18-34(19-21-35)15-7-3-2-6-14-33-16-12-24(13-17-33)27-23-32-28-22-25(31)10-11-26(27)28/h4-5,8-11,22-24,32H,2-3,6-7,12-21H2,1H3. The summed E-state index contributed by atoms with van der Waals surface area (Å²) in [5, 5.41) is 1.19. The number of unbranched alkanes of at least 4 members (excludes halogenated alkanes) is 3. The van der Waals surface area contributed by atoms with E-state index in [9.17, 15) is 4.39 Å². The number of aromatic amines is 1. The van der Waals surface area contributed by atoms with Gasteiger partial charge in [0.1, 0.15) is 11.6 Å². The zero-order chi connectivity index (χ0) is 24.7. The third-order valence-electron chi connectivity index (χ3n) is 8.20. The van der Waals surface area contributed by atoms with Crippen molar-refractivity contribution in [1.29, 1.82) is 0 Å². The molecular formula is C30H41FN4O. The minimum Gasteiger partial charge on any atom is -0.495 e. The largest absolute Gasteiger partial charge is 0.495 e. The Labute approximate surface area is 215 Å². The molecule has 2 saturated heterocycles. The zero-order valence-electron chi connectivity index (χ0n) is 21.7. The Morgan fingerprint density at radius 2 is 1.56 bits per heavy atom. The van der Waals surface area contributed by atoms with Gasteiger partial charge in [0.05, 0.1) is 12.8 Å². The lowest BCUT2D eigenvalue weighted by molar-refractivity contribution is 0.207. The minimum absolute atomic E-state index is 0.169. The summed E-state index contributed by atoms with van der Waals surface area (Å²) in [6.07, 6.45) is 9.76. The van der Waals surface area contributed by atoms with Gasteiger partial charge in [0.15, 0.2) is 0 Å². The van der Waals surface area contributed by atoms with Crippen LogP contribution < -0.4 is 9.64 Å². The van der Waals surface area contributed by atoms with Gasteiger partial charge in [-0.05, 0) is 93.7 Å². The van der Waals surface area contributed by atoms with Crippen molar-refractivity contribution in [2.45, 2.75) is 44.4 Å². The first-order chi connectivity index (χ1) is 17.7. The third kappa shape index (κ3) is 6.04. The highest BCUT2D eigenvalue weighted by Gasteiger charge is 2.23. The number of ether oxygens (including phenoxy) is 1. The van der Waals surface area contributed by atoms with Gasteiger partial charge in [-0.3, -0.25) is 4.90 Å². The highest BCUT2D eigenvalue weighted by molar-refractivity contribution is 5.83. The van der Waals surface area contributed by atoms with Crippen molar-refractivity contribution in [2.24, 2.45) is 0 Å². The van der Waals surface area contributed by atoms with Crippen molar-refractivity contribution < 1.29 is 9.13 Å². The van der Waals surface area contributed by atoms with E-state index in [1.807, 2.05) is 12.1 Å². The van der Waals surface area contributed by atoms with Gasteiger partial charge in [-0.2, -0.15) is 0 Å². The number of anilines is 1. The molecule has 1 aromatic heterocycles. The summed E-state index contributed by atoms with van der Waals surface area (Å²) in [7, 11) is 1.76. The molecule has 3 heterocycles. The van der Waals surface area contributed by atoms with Crippen molar-refractivity contribution in [3.8, 4) is 5.75 Å². The molecule has 0 bridgehead atoms. The highest BCUT2D eigenvalue weighted by Crippen LogP contribution is 2.33. The van der Waals surface area contributed by atoms with Gasteiger partial charge in [-0.15, -0.1) is 0 Å². The summed E-state index contributed by atoms with van der Waals surface area (Å²) in [5.74, 6) is 1.39. The van der Waals surface area contributed by atoms with E-state index in [2.05, 4.69) is 44.1 Å². The number of H-pyrrole nitrogens is 1. The summed E-state index contributed by atoms with van der Waals surface area (Å²) in [6.45, 7) is 9.22. The van der Waals surface area contributed by atoms with Crippen molar-refractivity contribution >= 4 is 16.6 Å². The molecule has 0 atom stereocenters. The van der Waals surface area contributed by atoms with Crippen LogP contribution >= 0.6 is 0 Å². The molecule has 0 amide bonds. The van der Waals surface area contributed by atoms with E-state index in [1.54, 1.807) is 19.2 Å². The fourth-order valence-corrected chi connectivity index (χ4v) is 6.05. The van der Waals surface area contributed by atoms with Crippen LogP contribution in [0.2, 0.25) is 0 Å². The number of para-hydroxylation sites is 2. The number of piperidine rings is 1. The number of benzene rings is 2. The molecule has 3 aromatic rings. The molecule has 2 fully saturated rings. The number of nitrogens with zero attached hydrogens (tertiary/aromatic N) is 3. The van der Waals surface area contributed by atoms with Crippen LogP contribution in [0.4, 0.5) is 10.1 Å². The molecule has 6 heteroatoms. The second-order valence-corrected chi connectivity index (χ2v) is 10.5. The van der Waals surface area contributed by atoms with E-state index in [-0.39, 0.29) is 5.82 Å².